The van der Waals surface area contributed by atoms with Crippen LogP contribution in [0.5, 0.6) is 0 Å². The lowest BCUT2D eigenvalue weighted by atomic mass is 10.1. The van der Waals surface area contributed by atoms with Gasteiger partial charge in [-0.15, -0.1) is 24.0 Å². The Bertz CT molecular complexity index is 474. The highest BCUT2D eigenvalue weighted by Gasteiger charge is 2.10. The molecule has 0 radical (unpaired) electrons. The molecule has 1 aliphatic heterocycles. The van der Waals surface area contributed by atoms with E-state index in [4.69, 9.17) is 5.73 Å². The predicted molar refractivity (Wildman–Crippen MR) is 99.7 cm³/mol. The van der Waals surface area contributed by atoms with Crippen LogP contribution in [0.4, 0.5) is 4.39 Å². The number of rotatable bonds is 3. The number of hydrogen-bond acceptors (Lipinski definition) is 1. The molecule has 3 nitrogen and oxygen atoms in total. The highest BCUT2D eigenvalue weighted by molar-refractivity contribution is 14.0. The van der Waals surface area contributed by atoms with Crippen LogP contribution in [0.3, 0.4) is 0 Å². The van der Waals surface area contributed by atoms with Crippen LogP contribution in [0.15, 0.2) is 27.7 Å². The van der Waals surface area contributed by atoms with E-state index in [9.17, 15) is 4.39 Å². The van der Waals surface area contributed by atoms with Crippen molar-refractivity contribution in [1.29, 1.82) is 0 Å². The fourth-order valence-electron chi connectivity index (χ4n) is 2.39. The van der Waals surface area contributed by atoms with Crippen molar-refractivity contribution >= 4 is 45.9 Å². The number of hydrogen-bond donors (Lipinski definition) is 1. The number of benzene rings is 1. The molecule has 1 aliphatic rings. The lowest BCUT2D eigenvalue weighted by Gasteiger charge is -2.21. The fraction of sp³-hybridized carbons (Fsp3) is 0.533. The number of halogens is 3. The maximum Gasteiger partial charge on any atom is 0.191 e. The zero-order chi connectivity index (χ0) is 14.4. The molecule has 0 atom stereocenters. The van der Waals surface area contributed by atoms with Gasteiger partial charge in [0.1, 0.15) is 5.82 Å². The summed E-state index contributed by atoms with van der Waals surface area (Å²) < 4.78 is 13.6. The second-order valence-corrected chi connectivity index (χ2v) is 5.99. The van der Waals surface area contributed by atoms with E-state index in [2.05, 4.69) is 25.8 Å². The Morgan fingerprint density at radius 1 is 1.24 bits per heavy atom. The first-order chi connectivity index (χ1) is 9.66. The average Bonchev–Trinajstić information content (AvgIpc) is 2.71. The van der Waals surface area contributed by atoms with E-state index >= 15 is 0 Å². The maximum atomic E-state index is 13.1. The van der Waals surface area contributed by atoms with E-state index in [-0.39, 0.29) is 29.8 Å². The molecule has 1 saturated heterocycles. The Morgan fingerprint density at radius 2 is 1.90 bits per heavy atom. The molecule has 0 saturated carbocycles. The summed E-state index contributed by atoms with van der Waals surface area (Å²) in [6, 6.07) is 5.06. The van der Waals surface area contributed by atoms with Crippen molar-refractivity contribution in [1.82, 2.24) is 4.90 Å². The van der Waals surface area contributed by atoms with Crippen LogP contribution in [0.1, 0.15) is 31.2 Å². The molecule has 21 heavy (non-hydrogen) atoms. The summed E-state index contributed by atoms with van der Waals surface area (Å²) >= 11 is 3.19. The van der Waals surface area contributed by atoms with Gasteiger partial charge in [-0.25, -0.2) is 4.39 Å². The van der Waals surface area contributed by atoms with E-state index in [1.165, 1.54) is 31.7 Å². The predicted octanol–water partition coefficient (Wildman–Crippen LogP) is 3.94. The highest BCUT2D eigenvalue weighted by atomic mass is 127. The summed E-state index contributed by atoms with van der Waals surface area (Å²) in [6.45, 7) is 2.66. The SMILES string of the molecule is I.NC(=NCCc1ccc(F)c(Br)c1)N1CCCCCC1. The molecule has 2 N–H and O–H groups in total. The molecule has 118 valence electrons. The quantitative estimate of drug-likeness (QED) is 0.414. The van der Waals surface area contributed by atoms with Crippen LogP contribution >= 0.6 is 39.9 Å². The molecule has 0 unspecified atom stereocenters. The third kappa shape index (κ3) is 6.10. The summed E-state index contributed by atoms with van der Waals surface area (Å²) in [5, 5.41) is 0. The largest absolute Gasteiger partial charge is 0.370 e. The molecule has 0 spiro atoms. The van der Waals surface area contributed by atoms with Gasteiger partial charge in [0.2, 0.25) is 0 Å². The van der Waals surface area contributed by atoms with E-state index in [1.54, 1.807) is 12.1 Å². The summed E-state index contributed by atoms with van der Waals surface area (Å²) in [4.78, 5) is 6.62. The summed E-state index contributed by atoms with van der Waals surface area (Å²) in [5.74, 6) is 0.411. The number of nitrogens with zero attached hydrogens (tertiary/aromatic N) is 2. The lowest BCUT2D eigenvalue weighted by Crippen LogP contribution is -2.38. The molecular weight excluding hydrogens is 448 g/mol. The Balaban J connectivity index is 0.00000220. The van der Waals surface area contributed by atoms with Crippen molar-refractivity contribution in [2.75, 3.05) is 19.6 Å². The molecule has 1 aromatic rings. The van der Waals surface area contributed by atoms with E-state index < -0.39 is 0 Å². The maximum absolute atomic E-state index is 13.1. The molecule has 0 bridgehead atoms. The standard InChI is InChI=1S/C15H21BrFN3.HI/c16-13-11-12(5-6-14(13)17)7-8-19-15(18)20-9-3-1-2-4-10-20;/h5-6,11H,1-4,7-10H2,(H2,18,19);1H. The van der Waals surface area contributed by atoms with Crippen LogP contribution in [0.2, 0.25) is 0 Å². The molecule has 1 aromatic carbocycles. The van der Waals surface area contributed by atoms with Gasteiger partial charge in [-0.3, -0.25) is 4.99 Å². The first kappa shape index (κ1) is 18.7. The van der Waals surface area contributed by atoms with E-state index in [1.807, 2.05) is 0 Å². The van der Waals surface area contributed by atoms with Crippen molar-refractivity contribution in [3.63, 3.8) is 0 Å². The molecule has 0 aromatic heterocycles. The van der Waals surface area contributed by atoms with Crippen molar-refractivity contribution in [3.05, 3.63) is 34.1 Å². The third-order valence-electron chi connectivity index (χ3n) is 3.59. The first-order valence-corrected chi connectivity index (χ1v) is 7.95. The number of likely N-dealkylation sites (tertiary alicyclic amines) is 1. The van der Waals surface area contributed by atoms with Gasteiger partial charge in [-0.2, -0.15) is 0 Å². The second-order valence-electron chi connectivity index (χ2n) is 5.14. The minimum absolute atomic E-state index is 0. The van der Waals surface area contributed by atoms with Crippen molar-refractivity contribution in [2.24, 2.45) is 10.7 Å². The van der Waals surface area contributed by atoms with Gasteiger partial charge in [0.05, 0.1) is 4.47 Å². The summed E-state index contributed by atoms with van der Waals surface area (Å²) in [7, 11) is 0. The van der Waals surface area contributed by atoms with Crippen LogP contribution in [-0.4, -0.2) is 30.5 Å². The van der Waals surface area contributed by atoms with Crippen molar-refractivity contribution in [2.45, 2.75) is 32.1 Å². The van der Waals surface area contributed by atoms with Crippen LogP contribution < -0.4 is 5.73 Å². The number of aliphatic imine (C=N–C) groups is 1. The van der Waals surface area contributed by atoms with Gasteiger partial charge in [-0.1, -0.05) is 18.9 Å². The molecule has 1 heterocycles. The minimum atomic E-state index is -0.235. The number of guanidine groups is 1. The lowest BCUT2D eigenvalue weighted by molar-refractivity contribution is 0.428. The average molecular weight is 470 g/mol. The van der Waals surface area contributed by atoms with Gasteiger partial charge in [-0.05, 0) is 52.9 Å². The molecular formula is C15H22BrFIN3. The van der Waals surface area contributed by atoms with Gasteiger partial charge >= 0.3 is 0 Å². The van der Waals surface area contributed by atoms with Crippen molar-refractivity contribution < 1.29 is 4.39 Å². The second kappa shape index (κ2) is 9.61. The van der Waals surface area contributed by atoms with Crippen molar-refractivity contribution in [3.8, 4) is 0 Å². The monoisotopic (exact) mass is 469 g/mol. The summed E-state index contributed by atoms with van der Waals surface area (Å²) in [6.07, 6.45) is 5.73. The molecule has 6 heteroatoms. The molecule has 0 amide bonds. The van der Waals surface area contributed by atoms with Gasteiger partial charge in [0.15, 0.2) is 5.96 Å². The smallest absolute Gasteiger partial charge is 0.191 e. The third-order valence-corrected chi connectivity index (χ3v) is 4.20. The highest BCUT2D eigenvalue weighted by Crippen LogP contribution is 2.17. The summed E-state index contributed by atoms with van der Waals surface area (Å²) in [5.41, 5.74) is 7.10. The normalized spacial score (nSPS) is 16.3. The molecule has 0 aliphatic carbocycles. The topological polar surface area (TPSA) is 41.6 Å². The van der Waals surface area contributed by atoms with Gasteiger partial charge in [0, 0.05) is 19.6 Å². The van der Waals surface area contributed by atoms with Crippen LogP contribution in [0, 0.1) is 5.82 Å². The Hall–Kier alpha value is -0.370. The van der Waals surface area contributed by atoms with Gasteiger partial charge < -0.3 is 10.6 Å². The zero-order valence-corrected chi connectivity index (χ0v) is 15.9. The Labute approximate surface area is 151 Å². The fourth-order valence-corrected chi connectivity index (χ4v) is 2.82. The molecule has 2 rings (SSSR count). The minimum Gasteiger partial charge on any atom is -0.370 e. The zero-order valence-electron chi connectivity index (χ0n) is 12.0. The first-order valence-electron chi connectivity index (χ1n) is 7.15. The molecule has 1 fully saturated rings. The van der Waals surface area contributed by atoms with Crippen LogP contribution in [0.25, 0.3) is 0 Å². The Morgan fingerprint density at radius 3 is 2.52 bits per heavy atom. The van der Waals surface area contributed by atoms with E-state index in [0.717, 1.165) is 25.1 Å². The van der Waals surface area contributed by atoms with E-state index in [0.29, 0.717) is 17.0 Å². The number of nitrogens with two attached hydrogens (primary N) is 1. The van der Waals surface area contributed by atoms with Crippen LogP contribution in [-0.2, 0) is 6.42 Å². The Kier molecular flexibility index (Phi) is 8.55. The van der Waals surface area contributed by atoms with Gasteiger partial charge in [0.25, 0.3) is 0 Å².